The molecule has 4 nitrogen and oxygen atoms in total. The van der Waals surface area contributed by atoms with Crippen molar-refractivity contribution in [2.24, 2.45) is 11.8 Å². The van der Waals surface area contributed by atoms with Gasteiger partial charge in [-0.3, -0.25) is 9.80 Å². The third kappa shape index (κ3) is 3.45. The Morgan fingerprint density at radius 1 is 1.11 bits per heavy atom. The van der Waals surface area contributed by atoms with Gasteiger partial charge in [-0.1, -0.05) is 38.1 Å². The number of hydrogen-bond donors (Lipinski definition) is 2. The van der Waals surface area contributed by atoms with E-state index < -0.39 is 0 Å². The zero-order chi connectivity index (χ0) is 19.8. The number of rotatable bonds is 5. The summed E-state index contributed by atoms with van der Waals surface area (Å²) in [5.41, 5.74) is 6.68. The van der Waals surface area contributed by atoms with E-state index in [1.165, 1.54) is 32.8 Å². The Balaban J connectivity index is 1.67. The summed E-state index contributed by atoms with van der Waals surface area (Å²) in [7, 11) is 0. The van der Waals surface area contributed by atoms with Crippen LogP contribution in [0.25, 0.3) is 23.4 Å². The van der Waals surface area contributed by atoms with Crippen molar-refractivity contribution in [1.29, 1.82) is 0 Å². The van der Waals surface area contributed by atoms with Crippen LogP contribution in [-0.2, 0) is 17.6 Å². The molecule has 3 N–H and O–H groups in total. The average molecular weight is 376 g/mol. The molecule has 1 amide bonds. The molecule has 1 fully saturated rings. The number of carbonyl (C=O) groups excluding carboxylic acids is 1. The second kappa shape index (κ2) is 7.44. The molecule has 28 heavy (non-hydrogen) atoms. The highest BCUT2D eigenvalue weighted by atomic mass is 16.2. The number of nitrogens with zero attached hydrogens (tertiary/aromatic N) is 1. The van der Waals surface area contributed by atoms with E-state index in [4.69, 9.17) is 5.84 Å². The summed E-state index contributed by atoms with van der Waals surface area (Å²) >= 11 is 0. The summed E-state index contributed by atoms with van der Waals surface area (Å²) < 4.78 is 0. The molecule has 1 aliphatic carbocycles. The fourth-order valence-electron chi connectivity index (χ4n) is 4.03. The van der Waals surface area contributed by atoms with E-state index in [2.05, 4.69) is 56.4 Å². The van der Waals surface area contributed by atoms with E-state index in [1.807, 2.05) is 12.3 Å². The molecule has 2 aromatic rings. The van der Waals surface area contributed by atoms with Gasteiger partial charge < -0.3 is 5.32 Å². The summed E-state index contributed by atoms with van der Waals surface area (Å²) in [6, 6.07) is 11.2. The van der Waals surface area contributed by atoms with Crippen LogP contribution >= 0.6 is 0 Å². The quantitative estimate of drug-likeness (QED) is 0.479. The first-order valence-electron chi connectivity index (χ1n) is 10.3. The minimum atomic E-state index is -0.288. The molecule has 146 valence electrons. The predicted molar refractivity (Wildman–Crippen MR) is 114 cm³/mol. The Hall–Kier alpha value is -2.59. The number of aryl methyl sites for hydroxylation is 3. The highest BCUT2D eigenvalue weighted by molar-refractivity contribution is 5.81. The normalized spacial score (nSPS) is 17.8. The van der Waals surface area contributed by atoms with E-state index in [9.17, 15) is 4.79 Å². The zero-order valence-electron chi connectivity index (χ0n) is 17.0. The van der Waals surface area contributed by atoms with Gasteiger partial charge in [-0.05, 0) is 83.0 Å². The number of hydrogen-bond acceptors (Lipinski definition) is 3. The molecule has 4 heteroatoms. The highest BCUT2D eigenvalue weighted by Gasteiger charge is 2.34. The van der Waals surface area contributed by atoms with Gasteiger partial charge in [0.25, 0.3) is 0 Å². The number of nitrogens with two attached hydrogens (primary N) is 1. The summed E-state index contributed by atoms with van der Waals surface area (Å²) in [6.45, 7) is 6.62. The molecule has 0 radical (unpaired) electrons. The SMILES string of the molecule is CCc1cc(C)c(-c2ccc3c(c2)=CNC(N(N)C(=O)C2CC2)C=3)cc1CC. The van der Waals surface area contributed by atoms with Crippen LogP contribution in [0.4, 0.5) is 0 Å². The van der Waals surface area contributed by atoms with Crippen LogP contribution in [0.15, 0.2) is 30.3 Å². The van der Waals surface area contributed by atoms with Gasteiger partial charge in [0.15, 0.2) is 0 Å². The Kier molecular flexibility index (Phi) is 4.98. The Morgan fingerprint density at radius 3 is 2.50 bits per heavy atom. The minimum Gasteiger partial charge on any atom is -0.366 e. The number of hydrazine groups is 1. The molecule has 1 unspecified atom stereocenters. The van der Waals surface area contributed by atoms with Crippen molar-refractivity contribution in [3.63, 3.8) is 0 Å². The van der Waals surface area contributed by atoms with Crippen molar-refractivity contribution in [1.82, 2.24) is 10.3 Å². The van der Waals surface area contributed by atoms with E-state index in [1.54, 1.807) is 0 Å². The third-order valence-corrected chi connectivity index (χ3v) is 5.93. The monoisotopic (exact) mass is 375 g/mol. The first-order valence-corrected chi connectivity index (χ1v) is 10.3. The number of carbonyl (C=O) groups is 1. The lowest BCUT2D eigenvalue weighted by Gasteiger charge is -2.27. The summed E-state index contributed by atoms with van der Waals surface area (Å²) in [6.07, 6.45) is 7.74. The number of amides is 1. The van der Waals surface area contributed by atoms with Gasteiger partial charge in [0.1, 0.15) is 6.17 Å². The molecule has 0 bridgehead atoms. The van der Waals surface area contributed by atoms with Gasteiger partial charge in [0.2, 0.25) is 5.91 Å². The minimum absolute atomic E-state index is 0.0287. The summed E-state index contributed by atoms with van der Waals surface area (Å²) in [5.74, 6) is 6.21. The maximum atomic E-state index is 12.2. The van der Waals surface area contributed by atoms with Crippen LogP contribution in [0, 0.1) is 12.8 Å². The second-order valence-electron chi connectivity index (χ2n) is 7.93. The molecular formula is C24H29N3O. The van der Waals surface area contributed by atoms with E-state index in [-0.39, 0.29) is 18.0 Å². The standard InChI is InChI=1S/C24H29N3O/c1-4-16-10-15(3)22(12-17(16)5-2)20-9-8-19-13-23(26-14-21(19)11-20)27(25)24(28)18-6-7-18/h8-14,18,23,26H,4-7,25H2,1-3H3. The molecule has 1 heterocycles. The van der Waals surface area contributed by atoms with Crippen molar-refractivity contribution >= 4 is 18.2 Å². The van der Waals surface area contributed by atoms with Crippen LogP contribution in [0.5, 0.6) is 0 Å². The van der Waals surface area contributed by atoms with Gasteiger partial charge in [-0.15, -0.1) is 0 Å². The molecule has 1 saturated carbocycles. The molecule has 0 saturated heterocycles. The molecule has 4 rings (SSSR count). The van der Waals surface area contributed by atoms with Crippen LogP contribution in [0.2, 0.25) is 0 Å². The molecule has 0 aromatic heterocycles. The van der Waals surface area contributed by atoms with Crippen molar-refractivity contribution in [2.45, 2.75) is 52.6 Å². The van der Waals surface area contributed by atoms with Gasteiger partial charge in [0.05, 0.1) is 0 Å². The maximum absolute atomic E-state index is 12.2. The molecule has 1 atom stereocenters. The first-order chi connectivity index (χ1) is 13.5. The van der Waals surface area contributed by atoms with E-state index >= 15 is 0 Å². The lowest BCUT2D eigenvalue weighted by molar-refractivity contribution is -0.134. The van der Waals surface area contributed by atoms with Crippen molar-refractivity contribution in [3.8, 4) is 11.1 Å². The summed E-state index contributed by atoms with van der Waals surface area (Å²) in [4.78, 5) is 12.2. The number of fused-ring (bicyclic) bond motifs is 1. The molecule has 0 spiro atoms. The van der Waals surface area contributed by atoms with Crippen molar-refractivity contribution in [2.75, 3.05) is 0 Å². The van der Waals surface area contributed by atoms with Crippen LogP contribution in [0.3, 0.4) is 0 Å². The van der Waals surface area contributed by atoms with Crippen LogP contribution < -0.4 is 21.6 Å². The first kappa shape index (κ1) is 18.8. The Morgan fingerprint density at radius 2 is 1.82 bits per heavy atom. The number of nitrogens with one attached hydrogen (secondary N) is 1. The average Bonchev–Trinajstić information content (AvgIpc) is 3.57. The molecule has 2 aliphatic rings. The van der Waals surface area contributed by atoms with Gasteiger partial charge in [-0.25, -0.2) is 5.84 Å². The van der Waals surface area contributed by atoms with Gasteiger partial charge in [0, 0.05) is 12.1 Å². The van der Waals surface area contributed by atoms with Gasteiger partial charge in [-0.2, -0.15) is 0 Å². The van der Waals surface area contributed by atoms with Crippen molar-refractivity contribution < 1.29 is 4.79 Å². The summed E-state index contributed by atoms with van der Waals surface area (Å²) in [5, 5.41) is 6.84. The van der Waals surface area contributed by atoms with Gasteiger partial charge >= 0.3 is 0 Å². The van der Waals surface area contributed by atoms with Crippen LogP contribution in [-0.4, -0.2) is 17.1 Å². The Bertz CT molecular complexity index is 1040. The van der Waals surface area contributed by atoms with E-state index in [0.29, 0.717) is 0 Å². The topological polar surface area (TPSA) is 58.4 Å². The maximum Gasteiger partial charge on any atom is 0.241 e. The van der Waals surface area contributed by atoms with Crippen molar-refractivity contribution in [3.05, 3.63) is 57.5 Å². The fourth-order valence-corrected chi connectivity index (χ4v) is 4.03. The molecule has 2 aromatic carbocycles. The predicted octanol–water partition coefficient (Wildman–Crippen LogP) is 2.35. The lowest BCUT2D eigenvalue weighted by Crippen LogP contribution is -2.54. The Labute approximate surface area is 166 Å². The molecule has 1 aliphatic heterocycles. The zero-order valence-corrected chi connectivity index (χ0v) is 17.0. The smallest absolute Gasteiger partial charge is 0.241 e. The highest BCUT2D eigenvalue weighted by Crippen LogP contribution is 2.30. The van der Waals surface area contributed by atoms with Crippen LogP contribution in [0.1, 0.15) is 43.4 Å². The lowest BCUT2D eigenvalue weighted by atomic mass is 9.92. The largest absolute Gasteiger partial charge is 0.366 e. The third-order valence-electron chi connectivity index (χ3n) is 5.93. The second-order valence-corrected chi connectivity index (χ2v) is 7.93. The molecular weight excluding hydrogens is 346 g/mol. The van der Waals surface area contributed by atoms with E-state index in [0.717, 1.165) is 36.1 Å². The number of benzene rings is 2. The fraction of sp³-hybridized carbons (Fsp3) is 0.375.